The molecule has 0 N–H and O–H groups in total. The highest BCUT2D eigenvalue weighted by atomic mass is 19.1. The second-order valence-electron chi connectivity index (χ2n) is 2.63. The number of benzene rings is 1. The predicted octanol–water partition coefficient (Wildman–Crippen LogP) is 1.35. The van der Waals surface area contributed by atoms with Crippen molar-refractivity contribution in [2.75, 3.05) is 0 Å². The zero-order valence-corrected chi connectivity index (χ0v) is 7.30. The highest BCUT2D eigenvalue weighted by Gasteiger charge is 2.07. The molecule has 0 saturated heterocycles. The monoisotopic (exact) mass is 191 g/mol. The van der Waals surface area contributed by atoms with Crippen LogP contribution in [0.3, 0.4) is 0 Å². The van der Waals surface area contributed by atoms with Crippen LogP contribution in [0, 0.1) is 5.82 Å². The Hall–Kier alpha value is -1.97. The predicted molar refractivity (Wildman–Crippen MR) is 46.9 cm³/mol. The maximum atomic E-state index is 13.1. The molecule has 0 unspecified atom stereocenters. The topological polar surface area (TPSA) is 26.0 Å². The number of nitrogens with zero attached hydrogens (tertiary/aromatic N) is 2. The van der Waals surface area contributed by atoms with E-state index in [1.54, 1.807) is 43.0 Å². The fourth-order valence-corrected chi connectivity index (χ4v) is 1.00. The summed E-state index contributed by atoms with van der Waals surface area (Å²) in [4.78, 5) is 9.03. The van der Waals surface area contributed by atoms with Gasteiger partial charge in [-0.1, -0.05) is 12.1 Å². The minimum absolute atomic E-state index is 0.184. The highest BCUT2D eigenvalue weighted by molar-refractivity contribution is 5.22. The highest BCUT2D eigenvalue weighted by Crippen LogP contribution is 2.13. The van der Waals surface area contributed by atoms with E-state index in [1.165, 1.54) is 10.8 Å². The Morgan fingerprint density at radius 1 is 1.14 bits per heavy atom. The van der Waals surface area contributed by atoms with Crippen molar-refractivity contribution >= 4 is 0 Å². The maximum Gasteiger partial charge on any atom is 0.241 e. The Morgan fingerprint density at radius 3 is 2.57 bits per heavy atom. The van der Waals surface area contributed by atoms with E-state index < -0.39 is 5.82 Å². The third-order valence-electron chi connectivity index (χ3n) is 1.64. The summed E-state index contributed by atoms with van der Waals surface area (Å²) in [5, 5.41) is 0. The van der Waals surface area contributed by atoms with E-state index in [9.17, 15) is 4.39 Å². The van der Waals surface area contributed by atoms with Gasteiger partial charge in [-0.25, -0.2) is 9.23 Å². The Morgan fingerprint density at radius 2 is 1.86 bits per heavy atom. The van der Waals surface area contributed by atoms with Crippen molar-refractivity contribution < 1.29 is 14.0 Å². The quantitative estimate of drug-likeness (QED) is 0.670. The number of rotatable bonds is 2. The molecular weight excluding hydrogens is 183 g/mol. The van der Waals surface area contributed by atoms with Crippen LogP contribution in [0.1, 0.15) is 0 Å². The standard InChI is InChI=1S/C10H8FN2O/c11-9-3-1-2-4-10(9)14-13-7-5-12-6-8-13/h1-8H/q+1. The van der Waals surface area contributed by atoms with Crippen LogP contribution in [0.25, 0.3) is 0 Å². The van der Waals surface area contributed by atoms with Gasteiger partial charge in [0, 0.05) is 4.73 Å². The molecule has 0 aliphatic carbocycles. The van der Waals surface area contributed by atoms with Gasteiger partial charge in [0.1, 0.15) is 0 Å². The van der Waals surface area contributed by atoms with E-state index >= 15 is 0 Å². The summed E-state index contributed by atoms with van der Waals surface area (Å²) in [5.41, 5.74) is 0. The molecule has 4 heteroatoms. The van der Waals surface area contributed by atoms with Crippen molar-refractivity contribution in [2.24, 2.45) is 0 Å². The van der Waals surface area contributed by atoms with Crippen LogP contribution >= 0.6 is 0 Å². The Labute approximate surface area is 80.4 Å². The molecule has 2 aromatic rings. The van der Waals surface area contributed by atoms with Gasteiger partial charge >= 0.3 is 0 Å². The second kappa shape index (κ2) is 3.83. The van der Waals surface area contributed by atoms with Gasteiger partial charge in [-0.05, 0) is 12.1 Å². The van der Waals surface area contributed by atoms with Gasteiger partial charge < -0.3 is 0 Å². The molecule has 0 atom stereocenters. The van der Waals surface area contributed by atoms with Crippen molar-refractivity contribution in [3.05, 3.63) is 54.9 Å². The van der Waals surface area contributed by atoms with Crippen LogP contribution in [-0.4, -0.2) is 4.98 Å². The molecule has 70 valence electrons. The van der Waals surface area contributed by atoms with E-state index in [0.29, 0.717) is 0 Å². The number of halogens is 1. The number of hydrogen-bond donors (Lipinski definition) is 0. The number of aromatic nitrogens is 2. The average molecular weight is 191 g/mol. The van der Waals surface area contributed by atoms with Crippen molar-refractivity contribution in [1.82, 2.24) is 4.98 Å². The van der Waals surface area contributed by atoms with Crippen LogP contribution in [0.15, 0.2) is 49.1 Å². The molecule has 3 nitrogen and oxygen atoms in total. The minimum atomic E-state index is -0.392. The van der Waals surface area contributed by atoms with Crippen LogP contribution in [0.5, 0.6) is 5.75 Å². The lowest BCUT2D eigenvalue weighted by atomic mass is 10.3. The average Bonchev–Trinajstić information content (AvgIpc) is 2.23. The van der Waals surface area contributed by atoms with Crippen molar-refractivity contribution in [3.63, 3.8) is 0 Å². The van der Waals surface area contributed by atoms with Crippen LogP contribution in [-0.2, 0) is 0 Å². The molecular formula is C10H8FN2O+. The first-order chi connectivity index (χ1) is 6.86. The van der Waals surface area contributed by atoms with Crippen LogP contribution < -0.4 is 9.57 Å². The zero-order valence-electron chi connectivity index (χ0n) is 7.30. The van der Waals surface area contributed by atoms with Crippen molar-refractivity contribution in [2.45, 2.75) is 0 Å². The molecule has 0 amide bonds. The van der Waals surface area contributed by atoms with E-state index in [1.807, 2.05) is 0 Å². The number of para-hydroxylation sites is 1. The third kappa shape index (κ3) is 1.85. The SMILES string of the molecule is Fc1ccccc1O[n+]1ccncc1. The van der Waals surface area contributed by atoms with Gasteiger partial charge in [-0.3, -0.25) is 4.98 Å². The molecule has 0 bridgehead atoms. The summed E-state index contributed by atoms with van der Waals surface area (Å²) in [5.74, 6) is -0.208. The first-order valence-electron chi connectivity index (χ1n) is 4.10. The summed E-state index contributed by atoms with van der Waals surface area (Å²) < 4.78 is 14.5. The third-order valence-corrected chi connectivity index (χ3v) is 1.64. The first kappa shape index (κ1) is 8.62. The lowest BCUT2D eigenvalue weighted by molar-refractivity contribution is -0.875. The van der Waals surface area contributed by atoms with E-state index in [-0.39, 0.29) is 5.75 Å². The fraction of sp³-hybridized carbons (Fsp3) is 0. The fourth-order valence-electron chi connectivity index (χ4n) is 1.00. The Balaban J connectivity index is 2.24. The normalized spacial score (nSPS) is 9.79. The van der Waals surface area contributed by atoms with Gasteiger partial charge in [0.05, 0.1) is 12.4 Å². The lowest BCUT2D eigenvalue weighted by Crippen LogP contribution is -2.38. The summed E-state index contributed by atoms with van der Waals surface area (Å²) >= 11 is 0. The molecule has 1 aromatic carbocycles. The minimum Gasteiger partial charge on any atom is -0.252 e. The molecule has 0 aliphatic rings. The molecule has 0 radical (unpaired) electrons. The van der Waals surface area contributed by atoms with Crippen LogP contribution in [0.4, 0.5) is 4.39 Å². The molecule has 1 aromatic heterocycles. The zero-order chi connectivity index (χ0) is 9.80. The molecule has 0 fully saturated rings. The molecule has 14 heavy (non-hydrogen) atoms. The van der Waals surface area contributed by atoms with Crippen LogP contribution in [0.2, 0.25) is 0 Å². The Bertz CT molecular complexity index is 419. The smallest absolute Gasteiger partial charge is 0.241 e. The largest absolute Gasteiger partial charge is 0.252 e. The molecule has 2 rings (SSSR count). The summed E-state index contributed by atoms with van der Waals surface area (Å²) in [6.45, 7) is 0. The maximum absolute atomic E-state index is 13.1. The van der Waals surface area contributed by atoms with Crippen molar-refractivity contribution in [1.29, 1.82) is 0 Å². The lowest BCUT2D eigenvalue weighted by Gasteiger charge is -1.97. The van der Waals surface area contributed by atoms with Gasteiger partial charge in [-0.2, -0.15) is 0 Å². The van der Waals surface area contributed by atoms with Crippen molar-refractivity contribution in [3.8, 4) is 5.75 Å². The molecule has 1 heterocycles. The second-order valence-corrected chi connectivity index (χ2v) is 2.63. The van der Waals surface area contributed by atoms with E-state index in [0.717, 1.165) is 0 Å². The molecule has 0 spiro atoms. The summed E-state index contributed by atoms with van der Waals surface area (Å²) in [6, 6.07) is 6.22. The first-order valence-corrected chi connectivity index (χ1v) is 4.10. The summed E-state index contributed by atoms with van der Waals surface area (Å²) in [6.07, 6.45) is 6.29. The van der Waals surface area contributed by atoms with Gasteiger partial charge in [0.15, 0.2) is 5.82 Å². The van der Waals surface area contributed by atoms with E-state index in [2.05, 4.69) is 4.98 Å². The van der Waals surface area contributed by atoms with Gasteiger partial charge in [0.2, 0.25) is 18.1 Å². The summed E-state index contributed by atoms with van der Waals surface area (Å²) in [7, 11) is 0. The van der Waals surface area contributed by atoms with Gasteiger partial charge in [0.25, 0.3) is 0 Å². The number of hydrogen-bond acceptors (Lipinski definition) is 2. The molecule has 0 saturated carbocycles. The van der Waals surface area contributed by atoms with Gasteiger partial charge in [-0.15, -0.1) is 0 Å². The van der Waals surface area contributed by atoms with E-state index in [4.69, 9.17) is 4.84 Å². The molecule has 0 aliphatic heterocycles. The Kier molecular flexibility index (Phi) is 2.36.